The van der Waals surface area contributed by atoms with Gasteiger partial charge in [-0.05, 0) is 54.1 Å². The fourth-order valence-corrected chi connectivity index (χ4v) is 4.34. The van der Waals surface area contributed by atoms with Gasteiger partial charge in [-0.1, -0.05) is 35.9 Å². The summed E-state index contributed by atoms with van der Waals surface area (Å²) < 4.78 is 74.3. The van der Waals surface area contributed by atoms with Gasteiger partial charge in [0.25, 0.3) is 5.91 Å². The maximum atomic E-state index is 13.0. The van der Waals surface area contributed by atoms with E-state index in [0.717, 1.165) is 18.2 Å². The molecular formula is C24H21ClF3NO5S. The van der Waals surface area contributed by atoms with Gasteiger partial charge in [-0.25, -0.2) is 0 Å². The van der Waals surface area contributed by atoms with Crippen LogP contribution in [0.1, 0.15) is 21.5 Å². The molecule has 0 heterocycles. The minimum absolute atomic E-state index is 0.0928. The molecule has 3 aromatic rings. The first kappa shape index (κ1) is 26.5. The van der Waals surface area contributed by atoms with E-state index in [4.69, 9.17) is 20.5 Å². The van der Waals surface area contributed by atoms with Crippen LogP contribution in [0.3, 0.4) is 0 Å². The van der Waals surface area contributed by atoms with E-state index in [1.54, 1.807) is 24.3 Å². The fraction of sp³-hybridized carbons (Fsp3) is 0.208. The number of hydrogen-bond donors (Lipinski definition) is 0. The Kier molecular flexibility index (Phi) is 8.42. The van der Waals surface area contributed by atoms with Crippen molar-refractivity contribution in [1.29, 1.82) is 0 Å². The van der Waals surface area contributed by atoms with Crippen LogP contribution in [-0.2, 0) is 27.6 Å². The Labute approximate surface area is 206 Å². The van der Waals surface area contributed by atoms with E-state index in [1.807, 2.05) is 0 Å². The van der Waals surface area contributed by atoms with Gasteiger partial charge in [-0.3, -0.25) is 4.79 Å². The SMILES string of the molecule is COCCN(Cc1cccc(OS(=O)(=O)c2cccc(C(F)(F)F)c2)c1)C(=O)c1cccc(Cl)c1. The zero-order valence-electron chi connectivity index (χ0n) is 18.5. The molecule has 0 aliphatic carbocycles. The summed E-state index contributed by atoms with van der Waals surface area (Å²) >= 11 is 5.99. The molecule has 0 fully saturated rings. The normalized spacial score (nSPS) is 11.8. The zero-order chi connectivity index (χ0) is 25.6. The molecule has 0 aliphatic heterocycles. The van der Waals surface area contributed by atoms with Gasteiger partial charge in [0.2, 0.25) is 0 Å². The van der Waals surface area contributed by atoms with E-state index in [1.165, 1.54) is 36.3 Å². The first-order valence-corrected chi connectivity index (χ1v) is 12.0. The number of nitrogens with zero attached hydrogens (tertiary/aromatic N) is 1. The Balaban J connectivity index is 1.82. The summed E-state index contributed by atoms with van der Waals surface area (Å²) in [6, 6.07) is 15.7. The second kappa shape index (κ2) is 11.1. The minimum atomic E-state index is -4.70. The van der Waals surface area contributed by atoms with Crippen molar-refractivity contribution >= 4 is 27.6 Å². The van der Waals surface area contributed by atoms with E-state index in [2.05, 4.69) is 0 Å². The van der Waals surface area contributed by atoms with Gasteiger partial charge < -0.3 is 13.8 Å². The number of alkyl halides is 3. The summed E-state index contributed by atoms with van der Waals surface area (Å²) in [6.45, 7) is 0.595. The minimum Gasteiger partial charge on any atom is -0.383 e. The smallest absolute Gasteiger partial charge is 0.383 e. The highest BCUT2D eigenvalue weighted by molar-refractivity contribution is 7.87. The van der Waals surface area contributed by atoms with Crippen molar-refractivity contribution in [3.63, 3.8) is 0 Å². The van der Waals surface area contributed by atoms with Gasteiger partial charge in [0, 0.05) is 30.8 Å². The molecule has 0 spiro atoms. The Morgan fingerprint density at radius 2 is 1.71 bits per heavy atom. The van der Waals surface area contributed by atoms with Crippen molar-refractivity contribution in [3.05, 3.63) is 94.5 Å². The summed E-state index contributed by atoms with van der Waals surface area (Å²) in [5, 5.41) is 0.401. The number of carbonyl (C=O) groups is 1. The summed E-state index contributed by atoms with van der Waals surface area (Å²) in [6.07, 6.45) is -4.70. The summed E-state index contributed by atoms with van der Waals surface area (Å²) in [7, 11) is -3.04. The Morgan fingerprint density at radius 3 is 2.40 bits per heavy atom. The third kappa shape index (κ3) is 7.20. The summed E-state index contributed by atoms with van der Waals surface area (Å²) in [4.78, 5) is 13.9. The lowest BCUT2D eigenvalue weighted by Gasteiger charge is -2.23. The molecule has 0 atom stereocenters. The lowest BCUT2D eigenvalue weighted by atomic mass is 10.1. The number of amides is 1. The van der Waals surface area contributed by atoms with E-state index < -0.39 is 26.8 Å². The molecule has 3 aromatic carbocycles. The third-order valence-electron chi connectivity index (χ3n) is 4.85. The van der Waals surface area contributed by atoms with Crippen molar-refractivity contribution in [2.75, 3.05) is 20.3 Å². The van der Waals surface area contributed by atoms with E-state index in [9.17, 15) is 26.4 Å². The third-order valence-corrected chi connectivity index (χ3v) is 6.33. The average Bonchev–Trinajstić information content (AvgIpc) is 2.81. The number of halogens is 4. The standard InChI is InChI=1S/C24H21ClF3NO5S/c1-33-12-11-29(23(30)18-6-3-8-20(25)14-18)16-17-5-2-9-21(13-17)34-35(31,32)22-10-4-7-19(15-22)24(26,27)28/h2-10,13-15H,11-12,16H2,1H3. The molecule has 0 N–H and O–H groups in total. The zero-order valence-corrected chi connectivity index (χ0v) is 20.0. The van der Waals surface area contributed by atoms with Crippen molar-refractivity contribution in [1.82, 2.24) is 4.90 Å². The van der Waals surface area contributed by atoms with Crippen molar-refractivity contribution < 1.29 is 35.3 Å². The molecule has 0 saturated heterocycles. The van der Waals surface area contributed by atoms with E-state index in [0.29, 0.717) is 22.2 Å². The number of ether oxygens (including phenoxy) is 1. The van der Waals surface area contributed by atoms with Crippen molar-refractivity contribution in [2.45, 2.75) is 17.6 Å². The highest BCUT2D eigenvalue weighted by Crippen LogP contribution is 2.31. The van der Waals surface area contributed by atoms with Crippen molar-refractivity contribution in [3.8, 4) is 5.75 Å². The summed E-state index contributed by atoms with van der Waals surface area (Å²) in [5.41, 5.74) is -0.203. The quantitative estimate of drug-likeness (QED) is 0.348. The molecule has 35 heavy (non-hydrogen) atoms. The van der Waals surface area contributed by atoms with Gasteiger partial charge in [0.15, 0.2) is 0 Å². The molecule has 186 valence electrons. The molecule has 0 saturated carbocycles. The van der Waals surface area contributed by atoms with Crippen LogP contribution in [0.2, 0.25) is 5.02 Å². The molecule has 11 heteroatoms. The highest BCUT2D eigenvalue weighted by atomic mass is 35.5. The average molecular weight is 528 g/mol. The van der Waals surface area contributed by atoms with Gasteiger partial charge in [-0.2, -0.15) is 21.6 Å². The van der Waals surface area contributed by atoms with Crippen LogP contribution >= 0.6 is 11.6 Å². The number of rotatable bonds is 9. The number of benzene rings is 3. The molecule has 1 amide bonds. The monoisotopic (exact) mass is 527 g/mol. The van der Waals surface area contributed by atoms with Crippen LogP contribution < -0.4 is 4.18 Å². The van der Waals surface area contributed by atoms with Crippen LogP contribution in [0, 0.1) is 0 Å². The molecular weight excluding hydrogens is 507 g/mol. The van der Waals surface area contributed by atoms with Crippen LogP contribution in [0.15, 0.2) is 77.7 Å². The van der Waals surface area contributed by atoms with Crippen LogP contribution in [0.5, 0.6) is 5.75 Å². The largest absolute Gasteiger partial charge is 0.416 e. The molecule has 0 radical (unpaired) electrons. The van der Waals surface area contributed by atoms with Crippen LogP contribution in [0.4, 0.5) is 13.2 Å². The first-order valence-electron chi connectivity index (χ1n) is 10.2. The topological polar surface area (TPSA) is 72.9 Å². The maximum Gasteiger partial charge on any atom is 0.416 e. The Hall–Kier alpha value is -3.08. The first-order chi connectivity index (χ1) is 16.5. The lowest BCUT2D eigenvalue weighted by Crippen LogP contribution is -2.33. The molecule has 0 aromatic heterocycles. The molecule has 3 rings (SSSR count). The van der Waals surface area contributed by atoms with E-state index in [-0.39, 0.29) is 31.4 Å². The molecule has 6 nitrogen and oxygen atoms in total. The Morgan fingerprint density at radius 1 is 1.00 bits per heavy atom. The van der Waals surface area contributed by atoms with Gasteiger partial charge in [-0.15, -0.1) is 0 Å². The summed E-state index contributed by atoms with van der Waals surface area (Å²) in [5.74, 6) is -0.422. The fourth-order valence-electron chi connectivity index (χ4n) is 3.18. The predicted octanol–water partition coefficient (Wildman–Crippen LogP) is 5.42. The van der Waals surface area contributed by atoms with Crippen LogP contribution in [-0.4, -0.2) is 39.5 Å². The van der Waals surface area contributed by atoms with Gasteiger partial charge in [0.05, 0.1) is 12.2 Å². The maximum absolute atomic E-state index is 13.0. The lowest BCUT2D eigenvalue weighted by molar-refractivity contribution is -0.137. The second-order valence-electron chi connectivity index (χ2n) is 7.44. The number of carbonyl (C=O) groups excluding carboxylic acids is 1. The molecule has 0 aliphatic rings. The van der Waals surface area contributed by atoms with Gasteiger partial charge >= 0.3 is 16.3 Å². The highest BCUT2D eigenvalue weighted by Gasteiger charge is 2.32. The van der Waals surface area contributed by atoms with E-state index >= 15 is 0 Å². The second-order valence-corrected chi connectivity index (χ2v) is 9.42. The van der Waals surface area contributed by atoms with Crippen LogP contribution in [0.25, 0.3) is 0 Å². The molecule has 0 bridgehead atoms. The predicted molar refractivity (Wildman–Crippen MR) is 124 cm³/mol. The number of methoxy groups -OCH3 is 1. The molecule has 0 unspecified atom stereocenters. The van der Waals surface area contributed by atoms with Gasteiger partial charge in [0.1, 0.15) is 10.6 Å². The Bertz CT molecular complexity index is 1300. The number of hydrogen-bond acceptors (Lipinski definition) is 5. The van der Waals surface area contributed by atoms with Crippen molar-refractivity contribution in [2.24, 2.45) is 0 Å².